The van der Waals surface area contributed by atoms with Crippen molar-refractivity contribution in [3.05, 3.63) is 35.0 Å². The first kappa shape index (κ1) is 23.6. The number of nitrogens with one attached hydrogen (secondary N) is 1. The zero-order chi connectivity index (χ0) is 24.5. The Morgan fingerprint density at radius 1 is 0.972 bits per heavy atom. The number of likely N-dealkylation sites (tertiary alicyclic amines) is 1. The van der Waals surface area contributed by atoms with E-state index in [1.165, 1.54) is 42.5 Å². The van der Waals surface area contributed by atoms with E-state index in [1.807, 2.05) is 23.4 Å². The van der Waals surface area contributed by atoms with Gasteiger partial charge in [0, 0.05) is 37.6 Å². The Kier molecular flexibility index (Phi) is 6.75. The molecule has 0 radical (unpaired) electrons. The Morgan fingerprint density at radius 3 is 2.53 bits per heavy atom. The van der Waals surface area contributed by atoms with E-state index >= 15 is 0 Å². The van der Waals surface area contributed by atoms with Gasteiger partial charge in [0.15, 0.2) is 0 Å². The highest BCUT2D eigenvalue weighted by Crippen LogP contribution is 2.47. The Morgan fingerprint density at radius 2 is 1.78 bits per heavy atom. The highest BCUT2D eigenvalue weighted by Gasteiger charge is 2.32. The lowest BCUT2D eigenvalue weighted by atomic mass is 9.91. The Labute approximate surface area is 216 Å². The van der Waals surface area contributed by atoms with E-state index in [0.29, 0.717) is 11.9 Å². The van der Waals surface area contributed by atoms with Crippen molar-refractivity contribution in [2.24, 2.45) is 0 Å². The van der Waals surface area contributed by atoms with Crippen LogP contribution in [0, 0.1) is 0 Å². The predicted molar refractivity (Wildman–Crippen MR) is 145 cm³/mol. The molecule has 1 N–H and O–H groups in total. The van der Waals surface area contributed by atoms with Crippen molar-refractivity contribution in [2.45, 2.75) is 56.9 Å². The molecule has 3 fully saturated rings. The van der Waals surface area contributed by atoms with E-state index in [0.717, 1.165) is 73.7 Å². The number of carbonyl (C=O) groups is 1. The van der Waals surface area contributed by atoms with Gasteiger partial charge >= 0.3 is 0 Å². The lowest BCUT2D eigenvalue weighted by Crippen LogP contribution is -2.44. The van der Waals surface area contributed by atoms with Crippen LogP contribution in [0.5, 0.6) is 0 Å². The standard InChI is InChI=1S/C27H35N7OS/c1-32-12-14-33(15-13-32)20-9-10-23(28-16-20)30-27-29-17-22-25(31-27)24(19-6-2-3-7-19)26(36-22)21-8-4-5-11-34(21)18-35/h9-10,16-19,21H,2-8,11-15H2,1H3,(H,28,29,30,31). The average Bonchev–Trinajstić information content (AvgIpc) is 3.57. The minimum absolute atomic E-state index is 0.172. The van der Waals surface area contributed by atoms with Crippen molar-refractivity contribution in [1.29, 1.82) is 0 Å². The fourth-order valence-electron chi connectivity index (χ4n) is 6.03. The third-order valence-corrected chi connectivity index (χ3v) is 9.33. The minimum atomic E-state index is 0.172. The number of piperazine rings is 1. The summed E-state index contributed by atoms with van der Waals surface area (Å²) in [5.41, 5.74) is 3.59. The Bertz CT molecular complexity index is 1200. The number of fused-ring (bicyclic) bond motifs is 1. The van der Waals surface area contributed by atoms with E-state index in [2.05, 4.69) is 38.2 Å². The first-order chi connectivity index (χ1) is 17.7. The number of amides is 1. The van der Waals surface area contributed by atoms with Crippen molar-refractivity contribution < 1.29 is 4.79 Å². The third-order valence-electron chi connectivity index (χ3n) is 8.10. The number of piperidine rings is 1. The van der Waals surface area contributed by atoms with Crippen LogP contribution < -0.4 is 10.2 Å². The molecule has 2 saturated heterocycles. The molecule has 0 aromatic carbocycles. The molecule has 190 valence electrons. The molecule has 36 heavy (non-hydrogen) atoms. The largest absolute Gasteiger partial charge is 0.368 e. The molecule has 9 heteroatoms. The molecular formula is C27H35N7OS. The fourth-order valence-corrected chi connectivity index (χ4v) is 7.39. The maximum absolute atomic E-state index is 11.9. The first-order valence-corrected chi connectivity index (χ1v) is 14.2. The summed E-state index contributed by atoms with van der Waals surface area (Å²) >= 11 is 1.79. The van der Waals surface area contributed by atoms with Crippen LogP contribution in [0.1, 0.15) is 67.3 Å². The molecular weight excluding hydrogens is 470 g/mol. The van der Waals surface area contributed by atoms with Gasteiger partial charge in [-0.15, -0.1) is 11.3 Å². The number of aromatic nitrogens is 3. The van der Waals surface area contributed by atoms with Crippen LogP contribution in [0.15, 0.2) is 24.5 Å². The molecule has 3 aliphatic rings. The van der Waals surface area contributed by atoms with Crippen LogP contribution in [0.3, 0.4) is 0 Å². The molecule has 5 heterocycles. The normalized spacial score (nSPS) is 21.9. The lowest BCUT2D eigenvalue weighted by Gasteiger charge is -2.33. The number of anilines is 3. The number of pyridine rings is 1. The number of likely N-dealkylation sites (N-methyl/N-ethyl adjacent to an activating group) is 1. The van der Waals surface area contributed by atoms with Crippen molar-refractivity contribution in [3.63, 3.8) is 0 Å². The summed E-state index contributed by atoms with van der Waals surface area (Å²) in [7, 11) is 2.17. The second-order valence-electron chi connectivity index (χ2n) is 10.4. The average molecular weight is 506 g/mol. The van der Waals surface area contributed by atoms with Crippen LogP contribution in [0.2, 0.25) is 0 Å². The third kappa shape index (κ3) is 4.66. The summed E-state index contributed by atoms with van der Waals surface area (Å²) in [6.45, 7) is 5.05. The first-order valence-electron chi connectivity index (χ1n) is 13.4. The van der Waals surface area contributed by atoms with Gasteiger partial charge in [0.1, 0.15) is 5.82 Å². The van der Waals surface area contributed by atoms with Crippen molar-refractivity contribution >= 4 is 45.4 Å². The minimum Gasteiger partial charge on any atom is -0.368 e. The van der Waals surface area contributed by atoms with Crippen LogP contribution >= 0.6 is 11.3 Å². The maximum atomic E-state index is 11.9. The molecule has 1 atom stereocenters. The highest BCUT2D eigenvalue weighted by atomic mass is 32.1. The number of hydrogen-bond acceptors (Lipinski definition) is 8. The van der Waals surface area contributed by atoms with Gasteiger partial charge in [-0.1, -0.05) is 12.8 Å². The molecule has 3 aromatic heterocycles. The molecule has 1 amide bonds. The second-order valence-corrected chi connectivity index (χ2v) is 11.5. The van der Waals surface area contributed by atoms with Crippen LogP contribution in [0.25, 0.3) is 10.2 Å². The van der Waals surface area contributed by atoms with Gasteiger partial charge in [-0.05, 0) is 62.8 Å². The highest BCUT2D eigenvalue weighted by molar-refractivity contribution is 7.19. The summed E-state index contributed by atoms with van der Waals surface area (Å²) < 4.78 is 1.12. The zero-order valence-corrected chi connectivity index (χ0v) is 21.8. The SMILES string of the molecule is CN1CCN(c2ccc(Nc3ncc4sc(C5CCCCN5C=O)c(C5CCCC5)c4n3)nc2)CC1. The number of thiophene rings is 1. The summed E-state index contributed by atoms with van der Waals surface area (Å²) in [6.07, 6.45) is 13.2. The molecule has 0 bridgehead atoms. The number of nitrogens with zero attached hydrogens (tertiary/aromatic N) is 6. The molecule has 2 aliphatic heterocycles. The smallest absolute Gasteiger partial charge is 0.228 e. The Balaban J connectivity index is 1.28. The van der Waals surface area contributed by atoms with Gasteiger partial charge in [-0.2, -0.15) is 0 Å². The summed E-state index contributed by atoms with van der Waals surface area (Å²) in [5, 5.41) is 3.34. The van der Waals surface area contributed by atoms with Gasteiger partial charge < -0.3 is 20.0 Å². The van der Waals surface area contributed by atoms with E-state index in [4.69, 9.17) is 4.98 Å². The van der Waals surface area contributed by atoms with Crippen molar-refractivity contribution in [2.75, 3.05) is 50.0 Å². The number of rotatable bonds is 6. The van der Waals surface area contributed by atoms with Crippen molar-refractivity contribution in [1.82, 2.24) is 24.8 Å². The van der Waals surface area contributed by atoms with Crippen LogP contribution in [0.4, 0.5) is 17.5 Å². The molecule has 8 nitrogen and oxygen atoms in total. The van der Waals surface area contributed by atoms with E-state index < -0.39 is 0 Å². The topological polar surface area (TPSA) is 77.5 Å². The van der Waals surface area contributed by atoms with Gasteiger partial charge in [-0.3, -0.25) is 4.79 Å². The summed E-state index contributed by atoms with van der Waals surface area (Å²) in [6, 6.07) is 4.32. The molecule has 6 rings (SSSR count). The van der Waals surface area contributed by atoms with Gasteiger partial charge in [0.05, 0.1) is 34.3 Å². The van der Waals surface area contributed by atoms with Crippen LogP contribution in [-0.4, -0.2) is 70.9 Å². The molecule has 1 unspecified atom stereocenters. The van der Waals surface area contributed by atoms with Gasteiger partial charge in [0.2, 0.25) is 12.4 Å². The Hall–Kier alpha value is -2.78. The van der Waals surface area contributed by atoms with E-state index in [1.54, 1.807) is 11.3 Å². The molecule has 0 spiro atoms. The quantitative estimate of drug-likeness (QED) is 0.476. The monoisotopic (exact) mass is 505 g/mol. The zero-order valence-electron chi connectivity index (χ0n) is 21.0. The number of carbonyl (C=O) groups excluding carboxylic acids is 1. The summed E-state index contributed by atoms with van der Waals surface area (Å²) in [5.74, 6) is 1.86. The van der Waals surface area contributed by atoms with Crippen molar-refractivity contribution in [3.8, 4) is 0 Å². The number of hydrogen-bond donors (Lipinski definition) is 1. The summed E-state index contributed by atoms with van der Waals surface area (Å²) in [4.78, 5) is 34.3. The molecule has 3 aromatic rings. The van der Waals surface area contributed by atoms with Crippen LogP contribution in [-0.2, 0) is 4.79 Å². The van der Waals surface area contributed by atoms with E-state index in [9.17, 15) is 4.79 Å². The van der Waals surface area contributed by atoms with E-state index in [-0.39, 0.29) is 6.04 Å². The second kappa shape index (κ2) is 10.3. The predicted octanol–water partition coefficient (Wildman–Crippen LogP) is 4.92. The molecule has 1 saturated carbocycles. The molecule has 1 aliphatic carbocycles. The maximum Gasteiger partial charge on any atom is 0.228 e. The lowest BCUT2D eigenvalue weighted by molar-refractivity contribution is -0.121. The van der Waals surface area contributed by atoms with Gasteiger partial charge in [0.25, 0.3) is 0 Å². The van der Waals surface area contributed by atoms with Gasteiger partial charge in [-0.25, -0.2) is 15.0 Å². The fraction of sp³-hybridized carbons (Fsp3) is 0.556.